The third-order valence-corrected chi connectivity index (χ3v) is 20.1. The maximum absolute atomic E-state index is 15.3. The van der Waals surface area contributed by atoms with E-state index in [-0.39, 0.29) is 83.8 Å². The van der Waals surface area contributed by atoms with Crippen molar-refractivity contribution in [2.24, 2.45) is 45.5 Å². The zero-order chi connectivity index (χ0) is 71.7. The standard InChI is InChI=1S/C71H90ClFN6O18/c1-38-49(37-71(93)61(96-64(90)42-20-14-11-15-21-42)59-69(8)32-31-44(69)35-50(81)70(59,9)60(87)57(86)55(38)68(71,6)7)94-65(91)58(56(41-18-12-10-13-19-41)79-66(92)97-67(3,4)5)95-54(85)30-29-51(82)76-33-17-16-22-47(63(75)89)78-53(84)28-25-43(62(74)88)34-48(80)39(2)77-52(83)27-24-40-23-26-45(72)36-46(40)73/h10-15,18-21,23-24,26-27,36,39,43-44,47,49-50,56-59,61,81,86,93H,16-17,22,25,28-35,37H2,1-9H3,(H2,74,88)(H2,75,89)(H,76,82)(H,77,83)(H,78,84)(H,79,92)/b27-24+/t39?,43-,44-,47?,49+,50+,56+,57-,58-,59-,61+,69-,70-,71-/m1/s1. The molecule has 4 aliphatic carbocycles. The van der Waals surface area contributed by atoms with Crippen LogP contribution in [0.15, 0.2) is 96.1 Å². The number of alkyl carbamates (subject to hydrolysis) is 1. The lowest BCUT2D eigenvalue weighted by Gasteiger charge is -2.68. The number of esters is 3. The van der Waals surface area contributed by atoms with Crippen LogP contribution < -0.4 is 32.7 Å². The van der Waals surface area contributed by atoms with Crippen LogP contribution in [-0.2, 0) is 62.1 Å². The van der Waals surface area contributed by atoms with Crippen LogP contribution in [0.25, 0.3) is 6.08 Å². The first kappa shape index (κ1) is 76.0. The lowest BCUT2D eigenvalue weighted by molar-refractivity contribution is -0.266. The molecule has 0 radical (unpaired) electrons. The maximum atomic E-state index is 15.3. The van der Waals surface area contributed by atoms with Gasteiger partial charge in [-0.1, -0.05) is 87.0 Å². The van der Waals surface area contributed by atoms with Crippen LogP contribution >= 0.6 is 11.6 Å². The van der Waals surface area contributed by atoms with Crippen molar-refractivity contribution in [3.05, 3.63) is 124 Å². The molecule has 4 aliphatic rings. The summed E-state index contributed by atoms with van der Waals surface area (Å²) in [5.41, 5.74) is 4.12. The molecule has 24 nitrogen and oxygen atoms in total. The highest BCUT2D eigenvalue weighted by molar-refractivity contribution is 6.30. The van der Waals surface area contributed by atoms with Gasteiger partial charge in [-0.15, -0.1) is 0 Å². The van der Waals surface area contributed by atoms with Crippen LogP contribution in [0.3, 0.4) is 0 Å². The van der Waals surface area contributed by atoms with Crippen LogP contribution in [-0.4, -0.2) is 141 Å². The van der Waals surface area contributed by atoms with Gasteiger partial charge in [0.25, 0.3) is 0 Å². The number of nitrogens with one attached hydrogen (secondary N) is 4. The summed E-state index contributed by atoms with van der Waals surface area (Å²) in [6.07, 6.45) is -7.97. The molecule has 14 atom stereocenters. The van der Waals surface area contributed by atoms with Crippen LogP contribution in [0.4, 0.5) is 9.18 Å². The number of ketones is 2. The number of benzene rings is 3. The summed E-state index contributed by atoms with van der Waals surface area (Å²) < 4.78 is 38.5. The van der Waals surface area contributed by atoms with Crippen molar-refractivity contribution in [1.29, 1.82) is 0 Å². The van der Waals surface area contributed by atoms with Crippen molar-refractivity contribution < 1.29 is 91.4 Å². The fraction of sp³-hybridized carbons (Fsp3) is 0.535. The number of ether oxygens (including phenoxy) is 4. The number of carbonyl (C=O) groups is 11. The molecule has 3 saturated carbocycles. The van der Waals surface area contributed by atoms with E-state index in [0.717, 1.165) is 12.1 Å². The van der Waals surface area contributed by atoms with Crippen molar-refractivity contribution in [3.8, 4) is 0 Å². The summed E-state index contributed by atoms with van der Waals surface area (Å²) >= 11 is 5.77. The van der Waals surface area contributed by atoms with Gasteiger partial charge in [-0.2, -0.15) is 0 Å². The minimum Gasteiger partial charge on any atom is -0.455 e. The molecular formula is C71H90ClFN6O18. The van der Waals surface area contributed by atoms with E-state index < -0.39 is 185 Å². The van der Waals surface area contributed by atoms with Gasteiger partial charge in [-0.3, -0.25) is 38.4 Å². The third-order valence-electron chi connectivity index (χ3n) is 19.9. The predicted octanol–water partition coefficient (Wildman–Crippen LogP) is 6.41. The Morgan fingerprint density at radius 1 is 0.825 bits per heavy atom. The highest BCUT2D eigenvalue weighted by atomic mass is 35.5. The van der Waals surface area contributed by atoms with E-state index in [1.165, 1.54) is 56.3 Å². The Kier molecular flexibility index (Phi) is 24.6. The van der Waals surface area contributed by atoms with Gasteiger partial charge in [0.15, 0.2) is 11.6 Å². The van der Waals surface area contributed by atoms with Gasteiger partial charge >= 0.3 is 24.0 Å². The van der Waals surface area contributed by atoms with Crippen molar-refractivity contribution in [2.45, 2.75) is 199 Å². The lowest BCUT2D eigenvalue weighted by Crippen LogP contribution is -2.75. The minimum absolute atomic E-state index is 0.0220. The number of halogens is 2. The fourth-order valence-electron chi connectivity index (χ4n) is 14.2. The zero-order valence-electron chi connectivity index (χ0n) is 56.1. The molecule has 0 saturated heterocycles. The first-order valence-electron chi connectivity index (χ1n) is 32.6. The van der Waals surface area contributed by atoms with Crippen molar-refractivity contribution >= 4 is 82.8 Å². The molecule has 2 bridgehead atoms. The normalized spacial score (nSPS) is 25.6. The fourth-order valence-corrected chi connectivity index (χ4v) is 14.4. The van der Waals surface area contributed by atoms with Crippen molar-refractivity contribution in [1.82, 2.24) is 21.3 Å². The summed E-state index contributed by atoms with van der Waals surface area (Å²) in [4.78, 5) is 149. The van der Waals surface area contributed by atoms with Crippen molar-refractivity contribution in [2.75, 3.05) is 6.54 Å². The summed E-state index contributed by atoms with van der Waals surface area (Å²) in [6.45, 7) is 14.4. The Morgan fingerprint density at radius 2 is 1.48 bits per heavy atom. The molecule has 526 valence electrons. The molecule has 6 amide bonds. The van der Waals surface area contributed by atoms with E-state index in [2.05, 4.69) is 21.3 Å². The molecule has 3 fully saturated rings. The quantitative estimate of drug-likeness (QED) is 0.0125. The number of aliphatic hydroxyl groups excluding tert-OH is 2. The molecule has 7 rings (SSSR count). The summed E-state index contributed by atoms with van der Waals surface area (Å²) in [5, 5.41) is 48.8. The summed E-state index contributed by atoms with van der Waals surface area (Å²) in [7, 11) is 0. The van der Waals surface area contributed by atoms with Crippen LogP contribution in [0.5, 0.6) is 0 Å². The molecule has 0 aliphatic heterocycles. The second kappa shape index (κ2) is 31.4. The Labute approximate surface area is 567 Å². The molecule has 2 unspecified atom stereocenters. The molecule has 26 heteroatoms. The topological polar surface area (TPSA) is 386 Å². The molecule has 11 N–H and O–H groups in total. The first-order chi connectivity index (χ1) is 45.4. The smallest absolute Gasteiger partial charge is 0.408 e. The predicted molar refractivity (Wildman–Crippen MR) is 351 cm³/mol. The maximum Gasteiger partial charge on any atom is 0.408 e. The van der Waals surface area contributed by atoms with E-state index in [1.807, 2.05) is 6.92 Å². The van der Waals surface area contributed by atoms with E-state index in [4.69, 9.17) is 42.0 Å². The van der Waals surface area contributed by atoms with E-state index in [9.17, 15) is 62.9 Å². The van der Waals surface area contributed by atoms with E-state index in [0.29, 0.717) is 12.8 Å². The van der Waals surface area contributed by atoms with Crippen LogP contribution in [0, 0.1) is 39.8 Å². The molecule has 0 spiro atoms. The monoisotopic (exact) mass is 1370 g/mol. The average Bonchev–Trinajstić information content (AvgIpc) is 0.674. The molecule has 3 aromatic carbocycles. The highest BCUT2D eigenvalue weighted by Crippen LogP contribution is 2.69. The molecule has 97 heavy (non-hydrogen) atoms. The second-order valence-electron chi connectivity index (χ2n) is 27.8. The van der Waals surface area contributed by atoms with Gasteiger partial charge in [0, 0.05) is 66.1 Å². The van der Waals surface area contributed by atoms with Gasteiger partial charge in [0.1, 0.15) is 47.4 Å². The average molecular weight is 1370 g/mol. The van der Waals surface area contributed by atoms with Gasteiger partial charge in [-0.05, 0) is 145 Å². The number of hydrogen-bond donors (Lipinski definition) is 9. The number of carbonyl (C=O) groups excluding carboxylic acids is 11. The van der Waals surface area contributed by atoms with Crippen LogP contribution in [0.1, 0.15) is 167 Å². The van der Waals surface area contributed by atoms with E-state index in [1.54, 1.807) is 77.9 Å². The number of amides is 6. The lowest BCUT2D eigenvalue weighted by atomic mass is 9.37. The SMILES string of the molecule is CC1=C2[C@@H](O)C(=O)[C@@]3(C)[C@H]([C@H](OC(=O)c4ccccc4)[C@](O)(C[C@@H]1OC(=O)[C@H](OC(=O)CCC(=O)NCCCCC(NC(=O)CC[C@H](CC(=O)C(C)NC(=O)/C=C/c1ccc(Cl)cc1F)C(N)=O)C(N)=O)[C@@H](NC(=O)OC(C)(C)C)c1ccccc1)C2(C)C)[C@]1(C)CC[C@@H]1C[C@@H]3O. The number of aliphatic hydroxyl groups is 3. The summed E-state index contributed by atoms with van der Waals surface area (Å²) in [6, 6.07) is 16.0. The van der Waals surface area contributed by atoms with Gasteiger partial charge in [0.05, 0.1) is 29.5 Å². The number of unbranched alkanes of at least 4 members (excludes halogenated alkanes) is 1. The van der Waals surface area contributed by atoms with Gasteiger partial charge in [0.2, 0.25) is 35.6 Å². The number of primary amides is 2. The Bertz CT molecular complexity index is 3540. The molecule has 0 aromatic heterocycles. The van der Waals surface area contributed by atoms with Crippen LogP contribution in [0.2, 0.25) is 5.02 Å². The Hall–Kier alpha value is -8.39. The molecule has 0 heterocycles. The van der Waals surface area contributed by atoms with Gasteiger partial charge < -0.3 is 67.0 Å². The first-order valence-corrected chi connectivity index (χ1v) is 33.0. The Balaban J connectivity index is 1.01. The number of nitrogens with two attached hydrogens (primary N) is 2. The number of hydrogen-bond acceptors (Lipinski definition) is 18. The number of fused-ring (bicyclic) bond motifs is 5. The third kappa shape index (κ3) is 17.7. The summed E-state index contributed by atoms with van der Waals surface area (Å²) in [5.74, 6) is -11.5. The Morgan fingerprint density at radius 3 is 2.09 bits per heavy atom. The largest absolute Gasteiger partial charge is 0.455 e. The number of rotatable bonds is 28. The molecule has 3 aromatic rings. The zero-order valence-corrected chi connectivity index (χ0v) is 56.8. The second-order valence-corrected chi connectivity index (χ2v) is 28.3. The number of Topliss-reactive ketones (excluding diaryl/α,β-unsaturated/α-hetero) is 2. The molecular weight excluding hydrogens is 1280 g/mol. The highest BCUT2D eigenvalue weighted by Gasteiger charge is 2.74. The van der Waals surface area contributed by atoms with Crippen molar-refractivity contribution in [3.63, 3.8) is 0 Å². The van der Waals surface area contributed by atoms with Gasteiger partial charge in [-0.25, -0.2) is 18.8 Å². The van der Waals surface area contributed by atoms with E-state index >= 15 is 9.59 Å². The minimum atomic E-state index is -2.28.